The minimum absolute atomic E-state index is 0. The second kappa shape index (κ2) is 8.45. The SMILES string of the molecule is Fc1cc(F)cc(OCc2cc[c-]cc2)c1.[Br-].[Mg+2]. The Bertz CT molecular complexity index is 459. The maximum atomic E-state index is 12.8. The van der Waals surface area contributed by atoms with Gasteiger partial charge in [0.05, 0.1) is 6.61 Å². The first-order chi connectivity index (χ1) is 7.74. The van der Waals surface area contributed by atoms with Crippen molar-refractivity contribution in [3.05, 3.63) is 65.7 Å². The minimum Gasteiger partial charge on any atom is -1.00 e. The topological polar surface area (TPSA) is 9.23 Å². The van der Waals surface area contributed by atoms with E-state index >= 15 is 0 Å². The van der Waals surface area contributed by atoms with Crippen LogP contribution in [0.3, 0.4) is 0 Å². The van der Waals surface area contributed by atoms with Crippen molar-refractivity contribution in [2.75, 3.05) is 0 Å². The molecule has 2 aromatic carbocycles. The van der Waals surface area contributed by atoms with Gasteiger partial charge in [-0.05, 0) is 0 Å². The van der Waals surface area contributed by atoms with E-state index in [0.717, 1.165) is 23.8 Å². The van der Waals surface area contributed by atoms with Gasteiger partial charge in [0.2, 0.25) is 0 Å². The summed E-state index contributed by atoms with van der Waals surface area (Å²) < 4.78 is 30.9. The van der Waals surface area contributed by atoms with Gasteiger partial charge in [-0.1, -0.05) is 0 Å². The van der Waals surface area contributed by atoms with Gasteiger partial charge in [-0.25, -0.2) is 8.78 Å². The van der Waals surface area contributed by atoms with E-state index in [2.05, 4.69) is 6.07 Å². The molecule has 0 unspecified atom stereocenters. The number of halogens is 3. The molecule has 0 N–H and O–H groups in total. The van der Waals surface area contributed by atoms with Crippen LogP contribution in [-0.2, 0) is 6.61 Å². The Morgan fingerprint density at radius 2 is 1.56 bits per heavy atom. The number of hydrogen-bond acceptors (Lipinski definition) is 1. The molecular weight excluding hydrogens is 314 g/mol. The second-order valence-corrected chi connectivity index (χ2v) is 3.30. The smallest absolute Gasteiger partial charge is 1.00 e. The fourth-order valence-electron chi connectivity index (χ4n) is 1.30. The zero-order valence-corrected chi connectivity index (χ0v) is 12.5. The Balaban J connectivity index is 0.00000144. The van der Waals surface area contributed by atoms with Crippen molar-refractivity contribution >= 4 is 23.1 Å². The molecule has 0 saturated heterocycles. The van der Waals surface area contributed by atoms with E-state index in [1.165, 1.54) is 0 Å². The van der Waals surface area contributed by atoms with Crippen LogP contribution in [0, 0.1) is 17.7 Å². The van der Waals surface area contributed by atoms with Crippen molar-refractivity contribution < 1.29 is 30.5 Å². The summed E-state index contributed by atoms with van der Waals surface area (Å²) in [7, 11) is 0. The van der Waals surface area contributed by atoms with Gasteiger partial charge in [-0.3, -0.25) is 0 Å². The van der Waals surface area contributed by atoms with Crippen LogP contribution in [0.4, 0.5) is 8.78 Å². The van der Waals surface area contributed by atoms with Crippen molar-refractivity contribution in [3.8, 4) is 5.75 Å². The van der Waals surface area contributed by atoms with Crippen LogP contribution in [0.5, 0.6) is 5.75 Å². The zero-order valence-electron chi connectivity index (χ0n) is 9.50. The molecule has 0 bridgehead atoms. The molecule has 0 radical (unpaired) electrons. The number of benzene rings is 2. The molecule has 0 saturated carbocycles. The molecule has 1 nitrogen and oxygen atoms in total. The summed E-state index contributed by atoms with van der Waals surface area (Å²) in [5, 5.41) is 0. The van der Waals surface area contributed by atoms with Crippen LogP contribution in [0.2, 0.25) is 0 Å². The molecule has 0 spiro atoms. The van der Waals surface area contributed by atoms with Gasteiger partial charge >= 0.3 is 23.1 Å². The van der Waals surface area contributed by atoms with Gasteiger partial charge in [0, 0.05) is 18.2 Å². The van der Waals surface area contributed by atoms with Crippen LogP contribution >= 0.6 is 0 Å². The Labute approximate surface area is 131 Å². The molecule has 0 amide bonds. The average Bonchev–Trinajstić information content (AvgIpc) is 2.27. The standard InChI is InChI=1S/C13H9F2O.BrH.Mg/c14-11-6-12(15)8-13(7-11)16-9-10-4-2-1-3-5-10;;/h2-8H,9H2;1H;/q-1;;+2/p-1. The first-order valence-electron chi connectivity index (χ1n) is 4.78. The van der Waals surface area contributed by atoms with E-state index in [9.17, 15) is 8.78 Å². The fraction of sp³-hybridized carbons (Fsp3) is 0.0769. The molecule has 0 aromatic heterocycles. The van der Waals surface area contributed by atoms with Gasteiger partial charge in [0.15, 0.2) is 0 Å². The fourth-order valence-corrected chi connectivity index (χ4v) is 1.30. The largest absolute Gasteiger partial charge is 2.00 e. The summed E-state index contributed by atoms with van der Waals surface area (Å²) in [6.45, 7) is 0.275. The van der Waals surface area contributed by atoms with Crippen LogP contribution < -0.4 is 21.7 Å². The third kappa shape index (κ3) is 5.33. The zero-order chi connectivity index (χ0) is 11.4. The van der Waals surface area contributed by atoms with E-state index in [-0.39, 0.29) is 52.4 Å². The molecule has 0 atom stereocenters. The Kier molecular flexibility index (Phi) is 8.14. The van der Waals surface area contributed by atoms with Crippen molar-refractivity contribution in [2.45, 2.75) is 6.61 Å². The second-order valence-electron chi connectivity index (χ2n) is 3.30. The summed E-state index contributed by atoms with van der Waals surface area (Å²) in [6.07, 6.45) is 0. The summed E-state index contributed by atoms with van der Waals surface area (Å²) in [5.74, 6) is -1.10. The third-order valence-electron chi connectivity index (χ3n) is 2.03. The maximum Gasteiger partial charge on any atom is 2.00 e. The molecule has 5 heteroatoms. The summed E-state index contributed by atoms with van der Waals surface area (Å²) >= 11 is 0. The van der Waals surface area contributed by atoms with Gasteiger partial charge < -0.3 is 21.7 Å². The molecule has 0 fully saturated rings. The monoisotopic (exact) mass is 322 g/mol. The molecule has 0 heterocycles. The van der Waals surface area contributed by atoms with E-state index in [4.69, 9.17) is 4.74 Å². The van der Waals surface area contributed by atoms with Gasteiger partial charge in [0.25, 0.3) is 0 Å². The molecule has 0 aliphatic carbocycles. The normalized spacial score (nSPS) is 9.00. The first-order valence-corrected chi connectivity index (χ1v) is 4.78. The summed E-state index contributed by atoms with van der Waals surface area (Å²) in [5.41, 5.74) is 0.920. The Morgan fingerprint density at radius 1 is 1.00 bits per heavy atom. The predicted molar refractivity (Wildman–Crippen MR) is 61.7 cm³/mol. The number of hydrogen-bond donors (Lipinski definition) is 0. The molecular formula is C13H9BrF2MgO. The molecule has 0 aliphatic heterocycles. The van der Waals surface area contributed by atoms with Crippen LogP contribution in [0.1, 0.15) is 5.56 Å². The maximum absolute atomic E-state index is 12.8. The van der Waals surface area contributed by atoms with E-state index in [0.29, 0.717) is 0 Å². The van der Waals surface area contributed by atoms with Crippen LogP contribution in [0.15, 0.2) is 42.5 Å². The molecule has 90 valence electrons. The minimum atomic E-state index is -0.642. The average molecular weight is 323 g/mol. The summed E-state index contributed by atoms with van der Waals surface area (Å²) in [6, 6.07) is 13.2. The van der Waals surface area contributed by atoms with Gasteiger partial charge in [0.1, 0.15) is 17.4 Å². The quantitative estimate of drug-likeness (QED) is 0.569. The number of rotatable bonds is 3. The molecule has 18 heavy (non-hydrogen) atoms. The first kappa shape index (κ1) is 17.3. The Hall–Kier alpha value is -0.654. The third-order valence-corrected chi connectivity index (χ3v) is 2.03. The van der Waals surface area contributed by atoms with Crippen LogP contribution in [0.25, 0.3) is 0 Å². The number of ether oxygens (including phenoxy) is 1. The van der Waals surface area contributed by atoms with E-state index < -0.39 is 11.6 Å². The van der Waals surface area contributed by atoms with Crippen molar-refractivity contribution in [2.24, 2.45) is 0 Å². The van der Waals surface area contributed by atoms with Crippen molar-refractivity contribution in [1.29, 1.82) is 0 Å². The van der Waals surface area contributed by atoms with E-state index in [1.54, 1.807) is 12.1 Å². The molecule has 2 aromatic rings. The van der Waals surface area contributed by atoms with Crippen LogP contribution in [-0.4, -0.2) is 23.1 Å². The summed E-state index contributed by atoms with van der Waals surface area (Å²) in [4.78, 5) is 0. The Morgan fingerprint density at radius 3 is 2.11 bits per heavy atom. The van der Waals surface area contributed by atoms with E-state index in [1.807, 2.05) is 12.1 Å². The van der Waals surface area contributed by atoms with Gasteiger partial charge in [-0.15, -0.1) is 5.56 Å². The molecule has 0 aliphatic rings. The van der Waals surface area contributed by atoms with Crippen molar-refractivity contribution in [1.82, 2.24) is 0 Å². The predicted octanol–water partition coefficient (Wildman–Crippen LogP) is -0.0328. The van der Waals surface area contributed by atoms with Crippen molar-refractivity contribution in [3.63, 3.8) is 0 Å². The van der Waals surface area contributed by atoms with Gasteiger partial charge in [-0.2, -0.15) is 30.3 Å². The molecule has 2 rings (SSSR count).